The van der Waals surface area contributed by atoms with Gasteiger partial charge in [0.2, 0.25) is 5.91 Å². The lowest BCUT2D eigenvalue weighted by Crippen LogP contribution is -2.36. The Labute approximate surface area is 95.2 Å². The molecule has 0 spiro atoms. The second kappa shape index (κ2) is 5.01. The Kier molecular flexibility index (Phi) is 3.44. The first-order valence-corrected chi connectivity index (χ1v) is 5.76. The fourth-order valence-electron chi connectivity index (χ4n) is 2.04. The van der Waals surface area contributed by atoms with Crippen molar-refractivity contribution >= 4 is 11.6 Å². The first-order valence-electron chi connectivity index (χ1n) is 5.76. The molecule has 1 heterocycles. The van der Waals surface area contributed by atoms with Gasteiger partial charge in [0.25, 0.3) is 0 Å². The maximum atomic E-state index is 11.6. The minimum absolute atomic E-state index is 0.0655. The molecule has 1 aromatic rings. The lowest BCUT2D eigenvalue weighted by molar-refractivity contribution is -0.120. The van der Waals surface area contributed by atoms with E-state index in [-0.39, 0.29) is 5.91 Å². The van der Waals surface area contributed by atoms with Crippen molar-refractivity contribution < 1.29 is 4.79 Å². The summed E-state index contributed by atoms with van der Waals surface area (Å²) in [6.07, 6.45) is 8.28. The Bertz CT molecular complexity index is 355. The van der Waals surface area contributed by atoms with Crippen molar-refractivity contribution in [2.75, 3.05) is 11.9 Å². The van der Waals surface area contributed by atoms with Gasteiger partial charge in [-0.25, -0.2) is 0 Å². The molecule has 0 bridgehead atoms. The van der Waals surface area contributed by atoms with Gasteiger partial charge in [0.05, 0.1) is 18.4 Å². The summed E-state index contributed by atoms with van der Waals surface area (Å²) in [6.45, 7) is 0.322. The van der Waals surface area contributed by atoms with Gasteiger partial charge in [-0.05, 0) is 12.8 Å². The van der Waals surface area contributed by atoms with E-state index in [0.29, 0.717) is 12.6 Å². The predicted molar refractivity (Wildman–Crippen MR) is 62.1 cm³/mol. The van der Waals surface area contributed by atoms with Crippen LogP contribution < -0.4 is 10.6 Å². The van der Waals surface area contributed by atoms with Gasteiger partial charge in [-0.2, -0.15) is 5.10 Å². The molecule has 1 fully saturated rings. The lowest BCUT2D eigenvalue weighted by Gasteiger charge is -2.11. The van der Waals surface area contributed by atoms with Crippen LogP contribution >= 0.6 is 0 Å². The second-order valence-corrected chi connectivity index (χ2v) is 4.31. The fourth-order valence-corrected chi connectivity index (χ4v) is 2.04. The van der Waals surface area contributed by atoms with E-state index >= 15 is 0 Å². The maximum absolute atomic E-state index is 11.6. The van der Waals surface area contributed by atoms with E-state index in [1.165, 1.54) is 12.8 Å². The summed E-state index contributed by atoms with van der Waals surface area (Å²) in [5.74, 6) is 0.0655. The first-order chi connectivity index (χ1) is 7.74. The zero-order chi connectivity index (χ0) is 11.4. The summed E-state index contributed by atoms with van der Waals surface area (Å²) in [4.78, 5) is 11.6. The molecule has 1 amide bonds. The lowest BCUT2D eigenvalue weighted by atomic mass is 10.2. The van der Waals surface area contributed by atoms with Crippen LogP contribution in [0.15, 0.2) is 12.4 Å². The average Bonchev–Trinajstić information content (AvgIpc) is 2.87. The standard InChI is InChI=1S/C11H18N4O/c1-15-8-10(6-13-15)12-7-11(16)14-9-4-2-3-5-9/h6,8-9,12H,2-5,7H2,1H3,(H,14,16). The van der Waals surface area contributed by atoms with Crippen molar-refractivity contribution in [3.8, 4) is 0 Å². The van der Waals surface area contributed by atoms with Gasteiger partial charge >= 0.3 is 0 Å². The minimum Gasteiger partial charge on any atom is -0.374 e. The number of aromatic nitrogens is 2. The quantitative estimate of drug-likeness (QED) is 0.795. The van der Waals surface area contributed by atoms with Crippen LogP contribution in [-0.4, -0.2) is 28.3 Å². The van der Waals surface area contributed by atoms with Crippen molar-refractivity contribution in [2.24, 2.45) is 7.05 Å². The smallest absolute Gasteiger partial charge is 0.239 e. The van der Waals surface area contributed by atoms with Crippen LogP contribution in [-0.2, 0) is 11.8 Å². The SMILES string of the molecule is Cn1cc(NCC(=O)NC2CCCC2)cn1. The number of nitrogens with one attached hydrogen (secondary N) is 2. The first kappa shape index (κ1) is 11.0. The predicted octanol–water partition coefficient (Wildman–Crippen LogP) is 0.891. The summed E-state index contributed by atoms with van der Waals surface area (Å²) < 4.78 is 1.71. The molecular weight excluding hydrogens is 204 g/mol. The average molecular weight is 222 g/mol. The zero-order valence-corrected chi connectivity index (χ0v) is 9.57. The van der Waals surface area contributed by atoms with Crippen LogP contribution in [0, 0.1) is 0 Å². The molecule has 1 saturated carbocycles. The zero-order valence-electron chi connectivity index (χ0n) is 9.57. The molecule has 0 aromatic carbocycles. The molecule has 0 radical (unpaired) electrons. The van der Waals surface area contributed by atoms with Gasteiger partial charge in [0, 0.05) is 19.3 Å². The Morgan fingerprint density at radius 3 is 2.94 bits per heavy atom. The number of carbonyl (C=O) groups excluding carboxylic acids is 1. The van der Waals surface area contributed by atoms with Crippen molar-refractivity contribution in [1.82, 2.24) is 15.1 Å². The van der Waals surface area contributed by atoms with Gasteiger partial charge in [0.15, 0.2) is 0 Å². The van der Waals surface area contributed by atoms with Crippen LogP contribution in [0.1, 0.15) is 25.7 Å². The molecule has 5 heteroatoms. The van der Waals surface area contributed by atoms with E-state index in [1.54, 1.807) is 10.9 Å². The normalized spacial score (nSPS) is 16.3. The van der Waals surface area contributed by atoms with Crippen LogP contribution in [0.5, 0.6) is 0 Å². The van der Waals surface area contributed by atoms with E-state index in [9.17, 15) is 4.79 Å². The highest BCUT2D eigenvalue weighted by Crippen LogP contribution is 2.17. The summed E-state index contributed by atoms with van der Waals surface area (Å²) in [6, 6.07) is 0.392. The van der Waals surface area contributed by atoms with E-state index in [1.807, 2.05) is 13.2 Å². The van der Waals surface area contributed by atoms with E-state index in [4.69, 9.17) is 0 Å². The van der Waals surface area contributed by atoms with Crippen LogP contribution in [0.4, 0.5) is 5.69 Å². The summed E-state index contributed by atoms with van der Waals surface area (Å²) in [5.41, 5.74) is 0.879. The van der Waals surface area contributed by atoms with E-state index in [2.05, 4.69) is 15.7 Å². The molecule has 0 saturated heterocycles. The number of anilines is 1. The molecule has 0 aliphatic heterocycles. The molecule has 5 nitrogen and oxygen atoms in total. The van der Waals surface area contributed by atoms with Crippen LogP contribution in [0.3, 0.4) is 0 Å². The Morgan fingerprint density at radius 2 is 2.31 bits per heavy atom. The molecule has 1 aromatic heterocycles. The third kappa shape index (κ3) is 2.98. The maximum Gasteiger partial charge on any atom is 0.239 e. The Balaban J connectivity index is 1.71. The van der Waals surface area contributed by atoms with Crippen LogP contribution in [0.2, 0.25) is 0 Å². The molecule has 1 aliphatic carbocycles. The molecular formula is C11H18N4O. The number of rotatable bonds is 4. The largest absolute Gasteiger partial charge is 0.374 e. The Hall–Kier alpha value is -1.52. The number of carbonyl (C=O) groups is 1. The van der Waals surface area contributed by atoms with Gasteiger partial charge in [-0.3, -0.25) is 9.48 Å². The van der Waals surface area contributed by atoms with E-state index < -0.39 is 0 Å². The van der Waals surface area contributed by atoms with Crippen molar-refractivity contribution in [3.05, 3.63) is 12.4 Å². The van der Waals surface area contributed by atoms with Crippen LogP contribution in [0.25, 0.3) is 0 Å². The van der Waals surface area contributed by atoms with Gasteiger partial charge in [-0.15, -0.1) is 0 Å². The number of amides is 1. The molecule has 0 atom stereocenters. The van der Waals surface area contributed by atoms with Crippen molar-refractivity contribution in [3.63, 3.8) is 0 Å². The summed E-state index contributed by atoms with van der Waals surface area (Å²) in [5, 5.41) is 10.1. The molecule has 88 valence electrons. The molecule has 0 unspecified atom stereocenters. The third-order valence-electron chi connectivity index (χ3n) is 2.88. The molecule has 16 heavy (non-hydrogen) atoms. The molecule has 2 N–H and O–H groups in total. The minimum atomic E-state index is 0.0655. The highest BCUT2D eigenvalue weighted by atomic mass is 16.1. The van der Waals surface area contributed by atoms with E-state index in [0.717, 1.165) is 18.5 Å². The summed E-state index contributed by atoms with van der Waals surface area (Å²) >= 11 is 0. The number of nitrogens with zero attached hydrogens (tertiary/aromatic N) is 2. The summed E-state index contributed by atoms with van der Waals surface area (Å²) in [7, 11) is 1.85. The third-order valence-corrected chi connectivity index (χ3v) is 2.88. The molecule has 1 aliphatic rings. The topological polar surface area (TPSA) is 59.0 Å². The fraction of sp³-hybridized carbons (Fsp3) is 0.636. The monoisotopic (exact) mass is 222 g/mol. The van der Waals surface area contributed by atoms with Crippen molar-refractivity contribution in [2.45, 2.75) is 31.7 Å². The van der Waals surface area contributed by atoms with Crippen molar-refractivity contribution in [1.29, 1.82) is 0 Å². The number of hydrogen-bond acceptors (Lipinski definition) is 3. The highest BCUT2D eigenvalue weighted by Gasteiger charge is 2.16. The van der Waals surface area contributed by atoms with Gasteiger partial charge in [-0.1, -0.05) is 12.8 Å². The molecule has 2 rings (SSSR count). The highest BCUT2D eigenvalue weighted by molar-refractivity contribution is 5.80. The van der Waals surface area contributed by atoms with Gasteiger partial charge in [0.1, 0.15) is 0 Å². The Morgan fingerprint density at radius 1 is 1.56 bits per heavy atom. The van der Waals surface area contributed by atoms with Gasteiger partial charge < -0.3 is 10.6 Å². The number of aryl methyl sites for hydroxylation is 1. The second-order valence-electron chi connectivity index (χ2n) is 4.31. The number of hydrogen-bond donors (Lipinski definition) is 2.